The molecule has 29 heavy (non-hydrogen) atoms. The summed E-state index contributed by atoms with van der Waals surface area (Å²) in [5, 5.41) is 0.745. The van der Waals surface area contributed by atoms with E-state index in [1.807, 2.05) is 39.0 Å². The summed E-state index contributed by atoms with van der Waals surface area (Å²) in [7, 11) is 0. The van der Waals surface area contributed by atoms with E-state index in [9.17, 15) is 9.59 Å². The highest BCUT2D eigenvalue weighted by molar-refractivity contribution is 6.35. The lowest BCUT2D eigenvalue weighted by Crippen LogP contribution is -2.48. The Hall–Kier alpha value is -2.44. The van der Waals surface area contributed by atoms with Crippen molar-refractivity contribution in [2.75, 3.05) is 6.61 Å². The fourth-order valence-corrected chi connectivity index (χ4v) is 2.92. The van der Waals surface area contributed by atoms with E-state index in [0.717, 1.165) is 11.1 Å². The molecule has 0 aromatic heterocycles. The highest BCUT2D eigenvalue weighted by atomic mass is 35.5. The average Bonchev–Trinajstić information content (AvgIpc) is 2.66. The Kier molecular flexibility index (Phi) is 8.17. The molecule has 2 amide bonds. The second-order valence-electron chi connectivity index (χ2n) is 6.86. The largest absolute Gasteiger partial charge is 0.483 e. The Morgan fingerprint density at radius 3 is 2.38 bits per heavy atom. The Morgan fingerprint density at radius 1 is 1.00 bits per heavy atom. The number of hydrogen-bond acceptors (Lipinski definition) is 4. The number of nitrogens with one attached hydrogen (secondary N) is 2. The van der Waals surface area contributed by atoms with Crippen LogP contribution in [-0.2, 0) is 9.59 Å². The van der Waals surface area contributed by atoms with E-state index in [1.54, 1.807) is 12.1 Å². The number of carbonyl (C=O) groups is 2. The summed E-state index contributed by atoms with van der Waals surface area (Å²) in [5.41, 5.74) is 6.66. The molecule has 2 rings (SSSR count). The summed E-state index contributed by atoms with van der Waals surface area (Å²) in [6, 6.07) is 10.5. The van der Waals surface area contributed by atoms with Gasteiger partial charge < -0.3 is 9.47 Å². The van der Waals surface area contributed by atoms with Crippen LogP contribution in [0.1, 0.15) is 37.8 Å². The smallest absolute Gasteiger partial charge is 0.279 e. The lowest BCUT2D eigenvalue weighted by molar-refractivity contribution is -0.133. The summed E-state index contributed by atoms with van der Waals surface area (Å²) in [6.45, 7) is 7.34. The minimum Gasteiger partial charge on any atom is -0.483 e. The van der Waals surface area contributed by atoms with Gasteiger partial charge in [-0.05, 0) is 55.2 Å². The third-order valence-corrected chi connectivity index (χ3v) is 4.57. The van der Waals surface area contributed by atoms with Gasteiger partial charge in [-0.1, -0.05) is 49.2 Å². The van der Waals surface area contributed by atoms with Gasteiger partial charge in [-0.15, -0.1) is 0 Å². The van der Waals surface area contributed by atoms with Crippen molar-refractivity contribution >= 4 is 35.0 Å². The quantitative estimate of drug-likeness (QED) is 0.627. The van der Waals surface area contributed by atoms with E-state index in [4.69, 9.17) is 32.7 Å². The molecule has 0 heterocycles. The van der Waals surface area contributed by atoms with Crippen LogP contribution < -0.4 is 20.3 Å². The van der Waals surface area contributed by atoms with Crippen molar-refractivity contribution in [1.29, 1.82) is 0 Å². The van der Waals surface area contributed by atoms with Crippen molar-refractivity contribution in [3.8, 4) is 11.5 Å². The van der Waals surface area contributed by atoms with E-state index in [2.05, 4.69) is 10.9 Å². The number of halogens is 2. The molecule has 8 heteroatoms. The van der Waals surface area contributed by atoms with Crippen molar-refractivity contribution in [2.45, 2.75) is 39.7 Å². The molecule has 0 fully saturated rings. The first-order chi connectivity index (χ1) is 13.7. The fraction of sp³-hybridized carbons (Fsp3) is 0.333. The summed E-state index contributed by atoms with van der Waals surface area (Å²) in [6.07, 6.45) is -0.890. The zero-order valence-electron chi connectivity index (χ0n) is 16.7. The molecule has 0 aliphatic heterocycles. The van der Waals surface area contributed by atoms with Crippen molar-refractivity contribution < 1.29 is 19.1 Å². The molecular formula is C21H24Cl2N2O4. The monoisotopic (exact) mass is 438 g/mol. The number of benzene rings is 2. The van der Waals surface area contributed by atoms with Gasteiger partial charge in [-0.25, -0.2) is 0 Å². The molecule has 0 aliphatic carbocycles. The van der Waals surface area contributed by atoms with Crippen LogP contribution in [0.5, 0.6) is 11.5 Å². The fourth-order valence-electron chi connectivity index (χ4n) is 2.47. The molecule has 6 nitrogen and oxygen atoms in total. The van der Waals surface area contributed by atoms with Crippen LogP contribution in [0.4, 0.5) is 0 Å². The average molecular weight is 439 g/mol. The van der Waals surface area contributed by atoms with Gasteiger partial charge in [0.15, 0.2) is 12.7 Å². The first-order valence-electron chi connectivity index (χ1n) is 9.11. The number of ether oxygens (including phenoxy) is 2. The van der Waals surface area contributed by atoms with Gasteiger partial charge in [0.05, 0.1) is 5.02 Å². The number of rotatable bonds is 7. The Labute approximate surface area is 180 Å². The number of hydrazine groups is 1. The van der Waals surface area contributed by atoms with Crippen molar-refractivity contribution in [3.63, 3.8) is 0 Å². The number of carbonyl (C=O) groups excluding carboxylic acids is 2. The maximum absolute atomic E-state index is 12.1. The summed E-state index contributed by atoms with van der Waals surface area (Å²) in [4.78, 5) is 24.2. The van der Waals surface area contributed by atoms with Gasteiger partial charge >= 0.3 is 0 Å². The van der Waals surface area contributed by atoms with Gasteiger partial charge in [0, 0.05) is 5.02 Å². The third kappa shape index (κ3) is 6.84. The van der Waals surface area contributed by atoms with E-state index in [-0.39, 0.29) is 17.5 Å². The van der Waals surface area contributed by atoms with E-state index < -0.39 is 17.9 Å². The molecule has 2 aromatic carbocycles. The van der Waals surface area contributed by atoms with Gasteiger partial charge in [-0.3, -0.25) is 20.4 Å². The Balaban J connectivity index is 1.84. The normalized spacial score (nSPS) is 11.7. The SMILES string of the molecule is Cc1ccc(C(C)C)c(OCC(=O)NNC(=O)[C@H](C)Oc2ccc(Cl)cc2Cl)c1. The molecule has 1 atom stereocenters. The maximum Gasteiger partial charge on any atom is 0.279 e. The third-order valence-electron chi connectivity index (χ3n) is 4.04. The van der Waals surface area contributed by atoms with Crippen LogP contribution in [0.15, 0.2) is 36.4 Å². The molecule has 2 N–H and O–H groups in total. The predicted molar refractivity (Wildman–Crippen MR) is 114 cm³/mol. The molecular weight excluding hydrogens is 415 g/mol. The van der Waals surface area contributed by atoms with Crippen molar-refractivity contribution in [1.82, 2.24) is 10.9 Å². The lowest BCUT2D eigenvalue weighted by atomic mass is 10.0. The number of amides is 2. The minimum absolute atomic E-state index is 0.234. The first-order valence-corrected chi connectivity index (χ1v) is 9.86. The number of aryl methyl sites for hydroxylation is 1. The van der Waals surface area contributed by atoms with Crippen LogP contribution in [-0.4, -0.2) is 24.5 Å². The Bertz CT molecular complexity index is 887. The van der Waals surface area contributed by atoms with Crippen molar-refractivity contribution in [2.24, 2.45) is 0 Å². The van der Waals surface area contributed by atoms with Crippen LogP contribution in [0.3, 0.4) is 0 Å². The van der Waals surface area contributed by atoms with Gasteiger partial charge in [0.25, 0.3) is 11.8 Å². The van der Waals surface area contributed by atoms with E-state index in [1.165, 1.54) is 13.0 Å². The molecule has 156 valence electrons. The highest BCUT2D eigenvalue weighted by Gasteiger charge is 2.17. The van der Waals surface area contributed by atoms with Crippen molar-refractivity contribution in [3.05, 3.63) is 57.6 Å². The van der Waals surface area contributed by atoms with Crippen LogP contribution in [0.2, 0.25) is 10.0 Å². The second kappa shape index (κ2) is 10.4. The Morgan fingerprint density at radius 2 is 1.72 bits per heavy atom. The molecule has 0 radical (unpaired) electrons. The summed E-state index contributed by atoms with van der Waals surface area (Å²) >= 11 is 11.9. The maximum atomic E-state index is 12.1. The molecule has 2 aromatic rings. The van der Waals surface area contributed by atoms with Crippen LogP contribution >= 0.6 is 23.2 Å². The second-order valence-corrected chi connectivity index (χ2v) is 7.70. The molecule has 0 unspecified atom stereocenters. The molecule has 0 saturated carbocycles. The molecule has 0 bridgehead atoms. The van der Waals surface area contributed by atoms with Gasteiger partial charge in [-0.2, -0.15) is 0 Å². The van der Waals surface area contributed by atoms with Crippen LogP contribution in [0.25, 0.3) is 0 Å². The molecule has 0 aliphatic rings. The number of hydrogen-bond donors (Lipinski definition) is 2. The zero-order chi connectivity index (χ0) is 21.6. The van der Waals surface area contributed by atoms with E-state index >= 15 is 0 Å². The first kappa shape index (κ1) is 22.8. The topological polar surface area (TPSA) is 76.7 Å². The van der Waals surface area contributed by atoms with Gasteiger partial charge in [0.1, 0.15) is 11.5 Å². The minimum atomic E-state index is -0.890. The zero-order valence-corrected chi connectivity index (χ0v) is 18.2. The molecule has 0 spiro atoms. The molecule has 0 saturated heterocycles. The van der Waals surface area contributed by atoms with Crippen LogP contribution in [0, 0.1) is 6.92 Å². The summed E-state index contributed by atoms with van der Waals surface area (Å²) < 4.78 is 11.1. The predicted octanol–water partition coefficient (Wildman–Crippen LogP) is 4.42. The standard InChI is InChI=1S/C21H24Cl2N2O4/c1-12(2)16-7-5-13(3)9-19(16)28-11-20(26)24-25-21(27)14(4)29-18-8-6-15(22)10-17(18)23/h5-10,12,14H,11H2,1-4H3,(H,24,26)(H,25,27)/t14-/m0/s1. The lowest BCUT2D eigenvalue weighted by Gasteiger charge is -2.17. The van der Waals surface area contributed by atoms with Gasteiger partial charge in [0.2, 0.25) is 0 Å². The van der Waals surface area contributed by atoms with E-state index in [0.29, 0.717) is 16.5 Å². The highest BCUT2D eigenvalue weighted by Crippen LogP contribution is 2.28. The summed E-state index contributed by atoms with van der Waals surface area (Å²) in [5.74, 6) is 0.185.